The molecule has 2 rings (SSSR count). The topological polar surface area (TPSA) is 101 Å². The number of primary sulfonamides is 1. The van der Waals surface area contributed by atoms with Crippen molar-refractivity contribution < 1.29 is 13.2 Å². The van der Waals surface area contributed by atoms with E-state index < -0.39 is 10.0 Å². The molecule has 0 radical (unpaired) electrons. The molecule has 0 aliphatic carbocycles. The molecule has 0 atom stereocenters. The highest BCUT2D eigenvalue weighted by Crippen LogP contribution is 2.09. The van der Waals surface area contributed by atoms with Crippen LogP contribution in [0.15, 0.2) is 59.6 Å². The van der Waals surface area contributed by atoms with Gasteiger partial charge in [-0.2, -0.15) is 0 Å². The van der Waals surface area contributed by atoms with Crippen molar-refractivity contribution in [3.05, 3.63) is 71.4 Å². The number of amides is 2. The zero-order valence-electron chi connectivity index (χ0n) is 13.9. The summed E-state index contributed by atoms with van der Waals surface area (Å²) >= 11 is 0. The molecule has 0 aromatic heterocycles. The van der Waals surface area contributed by atoms with Crippen LogP contribution in [-0.2, 0) is 16.4 Å². The predicted molar refractivity (Wildman–Crippen MR) is 98.3 cm³/mol. The molecule has 0 unspecified atom stereocenters. The number of hydrogen-bond donors (Lipinski definition) is 3. The second-order valence-corrected chi connectivity index (χ2v) is 7.09. The molecule has 0 saturated heterocycles. The monoisotopic (exact) mass is 359 g/mol. The Morgan fingerprint density at radius 1 is 1.12 bits per heavy atom. The van der Waals surface area contributed by atoms with Crippen LogP contribution in [0.2, 0.25) is 0 Å². The van der Waals surface area contributed by atoms with E-state index in [1.165, 1.54) is 12.1 Å². The molecule has 0 spiro atoms. The number of urea groups is 1. The van der Waals surface area contributed by atoms with Gasteiger partial charge in [-0.3, -0.25) is 0 Å². The second-order valence-electron chi connectivity index (χ2n) is 5.53. The molecule has 0 saturated carbocycles. The van der Waals surface area contributed by atoms with Crippen molar-refractivity contribution >= 4 is 22.1 Å². The van der Waals surface area contributed by atoms with Gasteiger partial charge in [0.1, 0.15) is 0 Å². The van der Waals surface area contributed by atoms with Crippen molar-refractivity contribution in [2.24, 2.45) is 5.14 Å². The standard InChI is InChI=1S/C18H21N3O3S/c1-14-4-2-3-5-16(14)11-13-21-18(22)20-12-10-15-6-8-17(9-7-15)25(19,23)24/h2-9,11,13H,10,12H2,1H3,(H2,19,23,24)(H2,20,21,22)/b13-11+. The lowest BCUT2D eigenvalue weighted by molar-refractivity contribution is 0.244. The Labute approximate surface area is 147 Å². The van der Waals surface area contributed by atoms with Gasteiger partial charge >= 0.3 is 6.03 Å². The van der Waals surface area contributed by atoms with Crippen LogP contribution in [0.4, 0.5) is 4.79 Å². The third-order valence-electron chi connectivity index (χ3n) is 3.62. The summed E-state index contributed by atoms with van der Waals surface area (Å²) in [5, 5.41) is 10.4. The third-order valence-corrected chi connectivity index (χ3v) is 4.55. The summed E-state index contributed by atoms with van der Waals surface area (Å²) in [5.74, 6) is 0. The van der Waals surface area contributed by atoms with Gasteiger partial charge in [0, 0.05) is 12.7 Å². The number of rotatable bonds is 6. The lowest BCUT2D eigenvalue weighted by Gasteiger charge is -2.06. The normalized spacial score (nSPS) is 11.4. The fourth-order valence-corrected chi connectivity index (χ4v) is 2.71. The fraction of sp³-hybridized carbons (Fsp3) is 0.167. The van der Waals surface area contributed by atoms with Gasteiger partial charge in [-0.1, -0.05) is 36.4 Å². The van der Waals surface area contributed by atoms with E-state index in [4.69, 9.17) is 5.14 Å². The molecule has 0 bridgehead atoms. The van der Waals surface area contributed by atoms with Gasteiger partial charge in [-0.15, -0.1) is 0 Å². The van der Waals surface area contributed by atoms with Crippen molar-refractivity contribution in [3.63, 3.8) is 0 Å². The lowest BCUT2D eigenvalue weighted by atomic mass is 10.1. The van der Waals surface area contributed by atoms with E-state index in [2.05, 4.69) is 10.6 Å². The first-order valence-corrected chi connectivity index (χ1v) is 9.29. The van der Waals surface area contributed by atoms with Crippen LogP contribution in [0, 0.1) is 6.92 Å². The molecule has 0 fully saturated rings. The highest BCUT2D eigenvalue weighted by Gasteiger charge is 2.06. The Morgan fingerprint density at radius 3 is 2.44 bits per heavy atom. The highest BCUT2D eigenvalue weighted by molar-refractivity contribution is 7.89. The maximum absolute atomic E-state index is 11.7. The summed E-state index contributed by atoms with van der Waals surface area (Å²) in [6, 6.07) is 13.8. The first-order chi connectivity index (χ1) is 11.9. The largest absolute Gasteiger partial charge is 0.338 e. The van der Waals surface area contributed by atoms with Crippen LogP contribution in [0.25, 0.3) is 6.08 Å². The molecular formula is C18H21N3O3S. The Morgan fingerprint density at radius 2 is 1.80 bits per heavy atom. The Hall–Kier alpha value is -2.64. The summed E-state index contributed by atoms with van der Waals surface area (Å²) in [7, 11) is -3.68. The zero-order valence-corrected chi connectivity index (χ0v) is 14.7. The first kappa shape index (κ1) is 18.7. The Kier molecular flexibility index (Phi) is 6.32. The van der Waals surface area contributed by atoms with Crippen molar-refractivity contribution in [2.75, 3.05) is 6.54 Å². The number of nitrogens with two attached hydrogens (primary N) is 1. The average Bonchev–Trinajstić information content (AvgIpc) is 2.56. The molecule has 0 aliphatic heterocycles. The molecule has 6 nitrogen and oxygen atoms in total. The quantitative estimate of drug-likeness (QED) is 0.736. The number of benzene rings is 2. The fourth-order valence-electron chi connectivity index (χ4n) is 2.20. The van der Waals surface area contributed by atoms with Crippen molar-refractivity contribution in [2.45, 2.75) is 18.2 Å². The molecule has 0 aliphatic rings. The molecular weight excluding hydrogens is 338 g/mol. The summed E-state index contributed by atoms with van der Waals surface area (Å²) in [4.78, 5) is 11.8. The minimum atomic E-state index is -3.68. The Balaban J connectivity index is 1.76. The van der Waals surface area contributed by atoms with Gasteiger partial charge in [-0.25, -0.2) is 18.4 Å². The van der Waals surface area contributed by atoms with Crippen molar-refractivity contribution in [3.8, 4) is 0 Å². The van der Waals surface area contributed by atoms with E-state index >= 15 is 0 Å². The van der Waals surface area contributed by atoms with Gasteiger partial charge in [0.15, 0.2) is 0 Å². The van der Waals surface area contributed by atoms with E-state index in [1.807, 2.05) is 37.3 Å². The van der Waals surface area contributed by atoms with Gasteiger partial charge in [0.2, 0.25) is 10.0 Å². The second kappa shape index (κ2) is 8.46. The molecule has 2 aromatic rings. The Bertz CT molecular complexity index is 859. The molecule has 25 heavy (non-hydrogen) atoms. The molecule has 2 aromatic carbocycles. The summed E-state index contributed by atoms with van der Waals surface area (Å²) < 4.78 is 22.4. The summed E-state index contributed by atoms with van der Waals surface area (Å²) in [6.07, 6.45) is 4.01. The van der Waals surface area contributed by atoms with Crippen LogP contribution >= 0.6 is 0 Å². The number of aryl methyl sites for hydroxylation is 1. The van der Waals surface area contributed by atoms with Gasteiger partial charge in [0.05, 0.1) is 4.90 Å². The van der Waals surface area contributed by atoms with E-state index in [1.54, 1.807) is 18.3 Å². The number of carbonyl (C=O) groups is 1. The highest BCUT2D eigenvalue weighted by atomic mass is 32.2. The third kappa shape index (κ3) is 6.06. The van der Waals surface area contributed by atoms with Crippen LogP contribution in [-0.4, -0.2) is 21.0 Å². The van der Waals surface area contributed by atoms with Crippen LogP contribution in [0.5, 0.6) is 0 Å². The van der Waals surface area contributed by atoms with E-state index in [0.29, 0.717) is 13.0 Å². The zero-order chi connectivity index (χ0) is 18.3. The number of hydrogen-bond acceptors (Lipinski definition) is 3. The maximum atomic E-state index is 11.7. The minimum absolute atomic E-state index is 0.0725. The number of nitrogens with one attached hydrogen (secondary N) is 2. The molecule has 7 heteroatoms. The van der Waals surface area contributed by atoms with Gasteiger partial charge in [0.25, 0.3) is 0 Å². The van der Waals surface area contributed by atoms with E-state index in [9.17, 15) is 13.2 Å². The summed E-state index contributed by atoms with van der Waals surface area (Å²) in [6.45, 7) is 2.43. The van der Waals surface area contributed by atoms with Crippen LogP contribution in [0.1, 0.15) is 16.7 Å². The number of sulfonamides is 1. The smallest absolute Gasteiger partial charge is 0.318 e. The number of carbonyl (C=O) groups excluding carboxylic acids is 1. The van der Waals surface area contributed by atoms with E-state index in [0.717, 1.165) is 16.7 Å². The van der Waals surface area contributed by atoms with Crippen LogP contribution < -0.4 is 15.8 Å². The van der Waals surface area contributed by atoms with Crippen LogP contribution in [0.3, 0.4) is 0 Å². The van der Waals surface area contributed by atoms with Crippen molar-refractivity contribution in [1.82, 2.24) is 10.6 Å². The predicted octanol–water partition coefficient (Wildman–Crippen LogP) is 2.16. The first-order valence-electron chi connectivity index (χ1n) is 7.74. The molecule has 0 heterocycles. The van der Waals surface area contributed by atoms with E-state index in [-0.39, 0.29) is 10.9 Å². The average molecular weight is 359 g/mol. The summed E-state index contributed by atoms with van der Waals surface area (Å²) in [5.41, 5.74) is 3.07. The van der Waals surface area contributed by atoms with Gasteiger partial charge < -0.3 is 10.6 Å². The molecule has 2 amide bonds. The maximum Gasteiger partial charge on any atom is 0.318 e. The minimum Gasteiger partial charge on any atom is -0.338 e. The SMILES string of the molecule is Cc1ccccc1/C=C/NC(=O)NCCc1ccc(S(N)(=O)=O)cc1. The lowest BCUT2D eigenvalue weighted by Crippen LogP contribution is -2.33. The van der Waals surface area contributed by atoms with Crippen molar-refractivity contribution in [1.29, 1.82) is 0 Å². The van der Waals surface area contributed by atoms with Gasteiger partial charge in [-0.05, 0) is 48.2 Å². The molecule has 4 N–H and O–H groups in total. The molecule has 132 valence electrons.